The molecule has 2 N–H and O–H groups in total. The number of piperidine rings is 1. The summed E-state index contributed by atoms with van der Waals surface area (Å²) in [6, 6.07) is 3.75. The SMILES string of the molecule is O=C(O)NCC1CCN(c2ccc(Cl)cn2)CC1. The lowest BCUT2D eigenvalue weighted by Gasteiger charge is -2.32. The molecule has 98 valence electrons. The fourth-order valence-electron chi connectivity index (χ4n) is 2.15. The summed E-state index contributed by atoms with van der Waals surface area (Å²) in [4.78, 5) is 16.9. The first-order valence-corrected chi connectivity index (χ1v) is 6.36. The van der Waals surface area contributed by atoms with E-state index in [9.17, 15) is 4.79 Å². The summed E-state index contributed by atoms with van der Waals surface area (Å²) in [5, 5.41) is 11.6. The molecule has 1 saturated heterocycles. The van der Waals surface area contributed by atoms with Crippen LogP contribution in [0.1, 0.15) is 12.8 Å². The molecule has 1 aromatic rings. The number of rotatable bonds is 3. The van der Waals surface area contributed by atoms with Crippen molar-refractivity contribution in [2.75, 3.05) is 24.5 Å². The third-order valence-electron chi connectivity index (χ3n) is 3.19. The van der Waals surface area contributed by atoms with Gasteiger partial charge in [0.15, 0.2) is 0 Å². The number of aromatic nitrogens is 1. The molecule has 0 bridgehead atoms. The summed E-state index contributed by atoms with van der Waals surface area (Å²) in [6.45, 7) is 2.35. The van der Waals surface area contributed by atoms with Crippen LogP contribution in [0.2, 0.25) is 5.02 Å². The molecule has 0 unspecified atom stereocenters. The van der Waals surface area contributed by atoms with Gasteiger partial charge in [-0.05, 0) is 30.9 Å². The molecular formula is C12H16ClN3O2. The molecule has 1 aliphatic rings. The molecule has 6 heteroatoms. The van der Waals surface area contributed by atoms with Crippen LogP contribution < -0.4 is 10.2 Å². The van der Waals surface area contributed by atoms with Gasteiger partial charge in [0, 0.05) is 25.8 Å². The molecule has 0 saturated carbocycles. The lowest BCUT2D eigenvalue weighted by molar-refractivity contribution is 0.191. The van der Waals surface area contributed by atoms with Crippen molar-refractivity contribution in [3.63, 3.8) is 0 Å². The topological polar surface area (TPSA) is 65.5 Å². The lowest BCUT2D eigenvalue weighted by atomic mass is 9.97. The van der Waals surface area contributed by atoms with E-state index < -0.39 is 6.09 Å². The Bertz CT molecular complexity index is 402. The van der Waals surface area contributed by atoms with E-state index in [2.05, 4.69) is 15.2 Å². The average Bonchev–Trinajstić information content (AvgIpc) is 2.38. The zero-order valence-electron chi connectivity index (χ0n) is 9.97. The second kappa shape index (κ2) is 5.91. The van der Waals surface area contributed by atoms with Crippen molar-refractivity contribution in [2.24, 2.45) is 5.92 Å². The van der Waals surface area contributed by atoms with Crippen molar-refractivity contribution < 1.29 is 9.90 Å². The third-order valence-corrected chi connectivity index (χ3v) is 3.42. The maximum Gasteiger partial charge on any atom is 0.404 e. The standard InChI is InChI=1S/C12H16ClN3O2/c13-10-1-2-11(14-8-10)16-5-3-9(4-6-16)7-15-12(17)18/h1-2,8-9,15H,3-7H2,(H,17,18). The highest BCUT2D eigenvalue weighted by Gasteiger charge is 2.20. The second-order valence-corrected chi connectivity index (χ2v) is 4.89. The van der Waals surface area contributed by atoms with Crippen LogP contribution in [0.4, 0.5) is 10.6 Å². The maximum absolute atomic E-state index is 10.4. The zero-order valence-corrected chi connectivity index (χ0v) is 10.7. The van der Waals surface area contributed by atoms with Gasteiger partial charge in [-0.3, -0.25) is 0 Å². The van der Waals surface area contributed by atoms with Crippen molar-refractivity contribution in [3.05, 3.63) is 23.4 Å². The van der Waals surface area contributed by atoms with Gasteiger partial charge in [0.2, 0.25) is 0 Å². The molecule has 1 fully saturated rings. The normalized spacial score (nSPS) is 16.6. The van der Waals surface area contributed by atoms with Gasteiger partial charge < -0.3 is 15.3 Å². The van der Waals surface area contributed by atoms with Gasteiger partial charge in [-0.1, -0.05) is 11.6 Å². The predicted molar refractivity (Wildman–Crippen MR) is 70.2 cm³/mol. The van der Waals surface area contributed by atoms with Crippen molar-refractivity contribution in [3.8, 4) is 0 Å². The van der Waals surface area contributed by atoms with Crippen LogP contribution in [0.15, 0.2) is 18.3 Å². The Morgan fingerprint density at radius 1 is 1.50 bits per heavy atom. The third kappa shape index (κ3) is 3.50. The van der Waals surface area contributed by atoms with Crippen molar-refractivity contribution >= 4 is 23.5 Å². The van der Waals surface area contributed by atoms with Gasteiger partial charge in [0.05, 0.1) is 5.02 Å². The number of anilines is 1. The van der Waals surface area contributed by atoms with Crippen molar-refractivity contribution in [2.45, 2.75) is 12.8 Å². The van der Waals surface area contributed by atoms with Crippen LogP contribution in [0.25, 0.3) is 0 Å². The molecule has 1 aromatic heterocycles. The number of halogens is 1. The highest BCUT2D eigenvalue weighted by molar-refractivity contribution is 6.30. The molecule has 0 atom stereocenters. The molecule has 0 aliphatic carbocycles. The van der Waals surface area contributed by atoms with E-state index in [4.69, 9.17) is 16.7 Å². The zero-order chi connectivity index (χ0) is 13.0. The molecule has 0 radical (unpaired) electrons. The number of carbonyl (C=O) groups is 1. The van der Waals surface area contributed by atoms with E-state index in [1.807, 2.05) is 12.1 Å². The quantitative estimate of drug-likeness (QED) is 0.883. The number of carboxylic acid groups (broad SMARTS) is 1. The molecule has 1 aliphatic heterocycles. The van der Waals surface area contributed by atoms with Crippen molar-refractivity contribution in [1.29, 1.82) is 0 Å². The lowest BCUT2D eigenvalue weighted by Crippen LogP contribution is -2.38. The van der Waals surface area contributed by atoms with Gasteiger partial charge in [0.1, 0.15) is 5.82 Å². The van der Waals surface area contributed by atoms with Gasteiger partial charge in [-0.2, -0.15) is 0 Å². The predicted octanol–water partition coefficient (Wildman–Crippen LogP) is 2.22. The maximum atomic E-state index is 10.4. The summed E-state index contributed by atoms with van der Waals surface area (Å²) in [5.74, 6) is 1.36. The molecule has 0 spiro atoms. The van der Waals surface area contributed by atoms with Crippen LogP contribution in [0.3, 0.4) is 0 Å². The fourth-order valence-corrected chi connectivity index (χ4v) is 2.26. The summed E-state index contributed by atoms with van der Waals surface area (Å²) in [7, 11) is 0. The summed E-state index contributed by atoms with van der Waals surface area (Å²) in [5.41, 5.74) is 0. The van der Waals surface area contributed by atoms with Gasteiger partial charge >= 0.3 is 6.09 Å². The highest BCUT2D eigenvalue weighted by Crippen LogP contribution is 2.22. The Morgan fingerprint density at radius 3 is 2.78 bits per heavy atom. The van der Waals surface area contributed by atoms with E-state index in [0.717, 1.165) is 31.7 Å². The largest absolute Gasteiger partial charge is 0.465 e. The van der Waals surface area contributed by atoms with Crippen LogP contribution in [0.5, 0.6) is 0 Å². The Balaban J connectivity index is 1.83. The minimum atomic E-state index is -0.947. The summed E-state index contributed by atoms with van der Waals surface area (Å²) >= 11 is 5.80. The number of pyridine rings is 1. The summed E-state index contributed by atoms with van der Waals surface area (Å²) < 4.78 is 0. The van der Waals surface area contributed by atoms with Gasteiger partial charge in [0.25, 0.3) is 0 Å². The van der Waals surface area contributed by atoms with E-state index >= 15 is 0 Å². The Morgan fingerprint density at radius 2 is 2.22 bits per heavy atom. The van der Waals surface area contributed by atoms with Crippen LogP contribution in [-0.2, 0) is 0 Å². The molecule has 2 heterocycles. The van der Waals surface area contributed by atoms with Gasteiger partial charge in [-0.15, -0.1) is 0 Å². The average molecular weight is 270 g/mol. The monoisotopic (exact) mass is 269 g/mol. The highest BCUT2D eigenvalue weighted by atomic mass is 35.5. The number of hydrogen-bond acceptors (Lipinski definition) is 3. The summed E-state index contributed by atoms with van der Waals surface area (Å²) in [6.07, 6.45) is 2.65. The number of nitrogens with zero attached hydrogens (tertiary/aromatic N) is 2. The molecule has 5 nitrogen and oxygen atoms in total. The molecule has 0 aromatic carbocycles. The molecular weight excluding hydrogens is 254 g/mol. The smallest absolute Gasteiger partial charge is 0.404 e. The molecule has 18 heavy (non-hydrogen) atoms. The first-order chi connectivity index (χ1) is 8.65. The number of amides is 1. The van der Waals surface area contributed by atoms with Crippen LogP contribution in [0, 0.1) is 5.92 Å². The van der Waals surface area contributed by atoms with E-state index in [1.54, 1.807) is 6.20 Å². The minimum absolute atomic E-state index is 0.421. The Hall–Kier alpha value is -1.49. The van der Waals surface area contributed by atoms with Crippen LogP contribution >= 0.6 is 11.6 Å². The minimum Gasteiger partial charge on any atom is -0.465 e. The number of nitrogens with one attached hydrogen (secondary N) is 1. The Kier molecular flexibility index (Phi) is 4.25. The van der Waals surface area contributed by atoms with Gasteiger partial charge in [-0.25, -0.2) is 9.78 Å². The number of hydrogen-bond donors (Lipinski definition) is 2. The second-order valence-electron chi connectivity index (χ2n) is 4.45. The van der Waals surface area contributed by atoms with Crippen LogP contribution in [-0.4, -0.2) is 35.8 Å². The molecule has 2 rings (SSSR count). The van der Waals surface area contributed by atoms with E-state index in [0.29, 0.717) is 17.5 Å². The van der Waals surface area contributed by atoms with E-state index in [-0.39, 0.29) is 0 Å². The van der Waals surface area contributed by atoms with E-state index in [1.165, 1.54) is 0 Å². The van der Waals surface area contributed by atoms with Crippen molar-refractivity contribution in [1.82, 2.24) is 10.3 Å². The fraction of sp³-hybridized carbons (Fsp3) is 0.500. The Labute approximate surface area is 111 Å². The first-order valence-electron chi connectivity index (χ1n) is 5.98. The first kappa shape index (κ1) is 13.0. The molecule has 1 amide bonds.